The average molecular weight is 443 g/mol. The largest absolute Gasteiger partial charge is 0.339 e. The first-order valence-electron chi connectivity index (χ1n) is 10.7. The van der Waals surface area contributed by atoms with Crippen LogP contribution in [0.5, 0.6) is 0 Å². The first-order chi connectivity index (χ1) is 15.4. The lowest BCUT2D eigenvalue weighted by molar-refractivity contribution is 0.0834. The third-order valence-electron chi connectivity index (χ3n) is 5.92. The van der Waals surface area contributed by atoms with Crippen LogP contribution in [-0.2, 0) is 6.42 Å². The SMILES string of the molecule is Cc1ccc(-c2noc(CCCN3CCC(C(=O)c4cc(F)ccc4F)CC3)n2)cc1F. The smallest absolute Gasteiger partial charge is 0.227 e. The zero-order valence-corrected chi connectivity index (χ0v) is 17.8. The number of piperidine rings is 1. The van der Waals surface area contributed by atoms with Gasteiger partial charge in [0.1, 0.15) is 17.5 Å². The highest BCUT2D eigenvalue weighted by Gasteiger charge is 2.27. The van der Waals surface area contributed by atoms with Crippen LogP contribution in [0.1, 0.15) is 41.1 Å². The highest BCUT2D eigenvalue weighted by molar-refractivity contribution is 5.98. The molecule has 0 amide bonds. The number of carbonyl (C=O) groups excluding carboxylic acids is 1. The zero-order chi connectivity index (χ0) is 22.7. The molecule has 4 rings (SSSR count). The molecule has 1 aliphatic rings. The van der Waals surface area contributed by atoms with E-state index in [0.717, 1.165) is 31.2 Å². The van der Waals surface area contributed by atoms with Gasteiger partial charge in [0.25, 0.3) is 0 Å². The van der Waals surface area contributed by atoms with Crippen molar-refractivity contribution in [2.24, 2.45) is 5.92 Å². The number of ketones is 1. The van der Waals surface area contributed by atoms with Crippen molar-refractivity contribution in [3.63, 3.8) is 0 Å². The Morgan fingerprint density at radius 1 is 1.09 bits per heavy atom. The first kappa shape index (κ1) is 22.2. The zero-order valence-electron chi connectivity index (χ0n) is 17.8. The Morgan fingerprint density at radius 3 is 2.62 bits per heavy atom. The van der Waals surface area contributed by atoms with Gasteiger partial charge in [-0.3, -0.25) is 4.79 Å². The lowest BCUT2D eigenvalue weighted by Crippen LogP contribution is -2.37. The fourth-order valence-electron chi connectivity index (χ4n) is 3.98. The minimum Gasteiger partial charge on any atom is -0.339 e. The molecule has 1 fully saturated rings. The second kappa shape index (κ2) is 9.65. The molecular weight excluding hydrogens is 419 g/mol. The number of halogens is 3. The summed E-state index contributed by atoms with van der Waals surface area (Å²) in [6.07, 6.45) is 2.60. The van der Waals surface area contributed by atoms with E-state index in [1.807, 2.05) is 0 Å². The molecular formula is C24H24F3N3O2. The topological polar surface area (TPSA) is 59.2 Å². The Morgan fingerprint density at radius 2 is 1.88 bits per heavy atom. The van der Waals surface area contributed by atoms with E-state index in [4.69, 9.17) is 4.52 Å². The Kier molecular flexibility index (Phi) is 6.69. The van der Waals surface area contributed by atoms with Gasteiger partial charge in [-0.1, -0.05) is 17.3 Å². The number of rotatable bonds is 7. The summed E-state index contributed by atoms with van der Waals surface area (Å²) in [5.41, 5.74) is 0.970. The minimum atomic E-state index is -0.675. The molecule has 0 aliphatic carbocycles. The molecule has 0 bridgehead atoms. The summed E-state index contributed by atoms with van der Waals surface area (Å²) in [4.78, 5) is 19.1. The van der Waals surface area contributed by atoms with Crippen molar-refractivity contribution >= 4 is 5.78 Å². The molecule has 1 aromatic heterocycles. The number of likely N-dealkylation sites (tertiary alicyclic amines) is 1. The van der Waals surface area contributed by atoms with E-state index < -0.39 is 11.6 Å². The van der Waals surface area contributed by atoms with E-state index in [-0.39, 0.29) is 23.1 Å². The quantitative estimate of drug-likeness (QED) is 0.482. The molecule has 0 radical (unpaired) electrons. The molecule has 168 valence electrons. The molecule has 32 heavy (non-hydrogen) atoms. The molecule has 2 heterocycles. The molecule has 8 heteroatoms. The molecule has 0 N–H and O–H groups in total. The van der Waals surface area contributed by atoms with Crippen molar-refractivity contribution in [2.75, 3.05) is 19.6 Å². The van der Waals surface area contributed by atoms with E-state index >= 15 is 0 Å². The Hall–Kier alpha value is -3.00. The van der Waals surface area contributed by atoms with Gasteiger partial charge < -0.3 is 9.42 Å². The van der Waals surface area contributed by atoms with Crippen molar-refractivity contribution in [3.05, 3.63) is 70.9 Å². The summed E-state index contributed by atoms with van der Waals surface area (Å²) < 4.78 is 46.3. The number of carbonyl (C=O) groups is 1. The number of nitrogens with zero attached hydrogens (tertiary/aromatic N) is 3. The van der Waals surface area contributed by atoms with E-state index in [0.29, 0.717) is 55.2 Å². The maximum atomic E-state index is 13.9. The van der Waals surface area contributed by atoms with E-state index in [1.165, 1.54) is 6.07 Å². The summed E-state index contributed by atoms with van der Waals surface area (Å²) in [5, 5.41) is 3.93. The standard InChI is InChI=1S/C24H24F3N3O2/c1-15-4-5-17(13-21(15)27)24-28-22(32-29-24)3-2-10-30-11-8-16(9-12-30)23(31)19-14-18(25)6-7-20(19)26/h4-7,13-14,16H,2-3,8-12H2,1H3. The predicted molar refractivity (Wildman–Crippen MR) is 113 cm³/mol. The average Bonchev–Trinajstić information content (AvgIpc) is 3.26. The van der Waals surface area contributed by atoms with Gasteiger partial charge in [0.15, 0.2) is 5.78 Å². The maximum Gasteiger partial charge on any atom is 0.227 e. The van der Waals surface area contributed by atoms with Crippen molar-refractivity contribution < 1.29 is 22.5 Å². The normalized spacial score (nSPS) is 15.2. The molecule has 1 aliphatic heterocycles. The second-order valence-corrected chi connectivity index (χ2v) is 8.18. The van der Waals surface area contributed by atoms with Gasteiger partial charge in [-0.15, -0.1) is 0 Å². The van der Waals surface area contributed by atoms with Crippen LogP contribution in [0, 0.1) is 30.3 Å². The van der Waals surface area contributed by atoms with Crippen molar-refractivity contribution in [2.45, 2.75) is 32.6 Å². The van der Waals surface area contributed by atoms with Crippen LogP contribution in [0.2, 0.25) is 0 Å². The molecule has 0 unspecified atom stereocenters. The fourth-order valence-corrected chi connectivity index (χ4v) is 3.98. The molecule has 0 saturated carbocycles. The van der Waals surface area contributed by atoms with Gasteiger partial charge in [0, 0.05) is 17.9 Å². The molecule has 0 spiro atoms. The van der Waals surface area contributed by atoms with Crippen LogP contribution in [0.3, 0.4) is 0 Å². The number of aromatic nitrogens is 2. The van der Waals surface area contributed by atoms with Crippen molar-refractivity contribution in [3.8, 4) is 11.4 Å². The van der Waals surface area contributed by atoms with Crippen LogP contribution in [0.4, 0.5) is 13.2 Å². The number of hydrogen-bond acceptors (Lipinski definition) is 5. The van der Waals surface area contributed by atoms with Crippen LogP contribution in [0.25, 0.3) is 11.4 Å². The Labute approximate surface area is 184 Å². The van der Waals surface area contributed by atoms with Gasteiger partial charge in [0.2, 0.25) is 11.7 Å². The van der Waals surface area contributed by atoms with Gasteiger partial charge in [-0.2, -0.15) is 4.98 Å². The summed E-state index contributed by atoms with van der Waals surface area (Å²) in [5.74, 6) is -1.36. The van der Waals surface area contributed by atoms with E-state index in [9.17, 15) is 18.0 Å². The van der Waals surface area contributed by atoms with Crippen LogP contribution >= 0.6 is 0 Å². The number of Topliss-reactive ketones (excluding diaryl/α,β-unsaturated/α-hetero) is 1. The van der Waals surface area contributed by atoms with Gasteiger partial charge in [-0.05, 0) is 75.6 Å². The minimum absolute atomic E-state index is 0.163. The highest BCUT2D eigenvalue weighted by atomic mass is 19.1. The Balaban J connectivity index is 1.24. The van der Waals surface area contributed by atoms with Gasteiger partial charge >= 0.3 is 0 Å². The third-order valence-corrected chi connectivity index (χ3v) is 5.92. The highest BCUT2D eigenvalue weighted by Crippen LogP contribution is 2.24. The number of benzene rings is 2. The Bertz CT molecular complexity index is 1110. The van der Waals surface area contributed by atoms with Gasteiger partial charge in [0.05, 0.1) is 5.56 Å². The molecule has 2 aromatic carbocycles. The monoisotopic (exact) mass is 443 g/mol. The fraction of sp³-hybridized carbons (Fsp3) is 0.375. The van der Waals surface area contributed by atoms with Crippen molar-refractivity contribution in [1.29, 1.82) is 0 Å². The second-order valence-electron chi connectivity index (χ2n) is 8.18. The van der Waals surface area contributed by atoms with Crippen LogP contribution < -0.4 is 0 Å². The number of hydrogen-bond donors (Lipinski definition) is 0. The van der Waals surface area contributed by atoms with E-state index in [1.54, 1.807) is 19.1 Å². The third kappa shape index (κ3) is 5.07. The van der Waals surface area contributed by atoms with Crippen LogP contribution in [0.15, 0.2) is 40.9 Å². The summed E-state index contributed by atoms with van der Waals surface area (Å²) in [6.45, 7) is 3.92. The molecule has 5 nitrogen and oxygen atoms in total. The molecule has 1 saturated heterocycles. The van der Waals surface area contributed by atoms with E-state index in [2.05, 4.69) is 15.0 Å². The number of aryl methyl sites for hydroxylation is 2. The summed E-state index contributed by atoms with van der Waals surface area (Å²) in [7, 11) is 0. The lowest BCUT2D eigenvalue weighted by atomic mass is 9.88. The first-order valence-corrected chi connectivity index (χ1v) is 10.7. The van der Waals surface area contributed by atoms with Crippen LogP contribution in [-0.4, -0.2) is 40.5 Å². The van der Waals surface area contributed by atoms with Gasteiger partial charge in [-0.25, -0.2) is 13.2 Å². The molecule has 3 aromatic rings. The van der Waals surface area contributed by atoms with Crippen molar-refractivity contribution in [1.82, 2.24) is 15.0 Å². The lowest BCUT2D eigenvalue weighted by Gasteiger charge is -2.31. The summed E-state index contributed by atoms with van der Waals surface area (Å²) in [6, 6.07) is 7.82. The summed E-state index contributed by atoms with van der Waals surface area (Å²) >= 11 is 0. The maximum absolute atomic E-state index is 13.9. The predicted octanol–water partition coefficient (Wildman–Crippen LogP) is 4.99. The molecule has 0 atom stereocenters.